The molecule has 0 bridgehead atoms. The van der Waals surface area contributed by atoms with Crippen LogP contribution in [-0.2, 0) is 14.8 Å². The molecule has 1 saturated carbocycles. The number of hydrogen-bond donors (Lipinski definition) is 2. The SMILES string of the molecule is CS(=O)(=O)Nc1ccc(C(=O)N2CCC(C(=O)NCC3CCCCC3)CC2)cc1. The number of nitrogens with one attached hydrogen (secondary N) is 2. The Morgan fingerprint density at radius 3 is 2.21 bits per heavy atom. The van der Waals surface area contributed by atoms with E-state index in [-0.39, 0.29) is 17.7 Å². The number of likely N-dealkylation sites (tertiary alicyclic amines) is 1. The van der Waals surface area contributed by atoms with Gasteiger partial charge >= 0.3 is 0 Å². The van der Waals surface area contributed by atoms with Crippen LogP contribution >= 0.6 is 0 Å². The molecule has 0 unspecified atom stereocenters. The maximum atomic E-state index is 12.7. The molecule has 8 heteroatoms. The first kappa shape index (κ1) is 21.6. The summed E-state index contributed by atoms with van der Waals surface area (Å²) in [5, 5.41) is 3.12. The zero-order valence-electron chi connectivity index (χ0n) is 17.0. The molecule has 1 saturated heterocycles. The Bertz CT molecular complexity index is 809. The van der Waals surface area contributed by atoms with Crippen LogP contribution in [0.3, 0.4) is 0 Å². The number of amides is 2. The van der Waals surface area contributed by atoms with Crippen molar-refractivity contribution in [2.24, 2.45) is 11.8 Å². The van der Waals surface area contributed by atoms with E-state index in [2.05, 4.69) is 10.0 Å². The number of hydrogen-bond acceptors (Lipinski definition) is 4. The Hall–Kier alpha value is -2.09. The van der Waals surface area contributed by atoms with E-state index in [9.17, 15) is 18.0 Å². The van der Waals surface area contributed by atoms with E-state index >= 15 is 0 Å². The van der Waals surface area contributed by atoms with Crippen LogP contribution < -0.4 is 10.0 Å². The van der Waals surface area contributed by atoms with E-state index in [0.29, 0.717) is 43.1 Å². The van der Waals surface area contributed by atoms with Crippen LogP contribution in [0.1, 0.15) is 55.3 Å². The molecule has 2 N–H and O–H groups in total. The van der Waals surface area contributed by atoms with Crippen molar-refractivity contribution in [2.45, 2.75) is 44.9 Å². The second-order valence-corrected chi connectivity index (χ2v) is 10.0. The normalized spacial score (nSPS) is 19.0. The lowest BCUT2D eigenvalue weighted by Crippen LogP contribution is -2.43. The summed E-state index contributed by atoms with van der Waals surface area (Å²) in [7, 11) is -3.34. The summed E-state index contributed by atoms with van der Waals surface area (Å²) in [5.41, 5.74) is 0.946. The maximum absolute atomic E-state index is 12.7. The van der Waals surface area contributed by atoms with Crippen LogP contribution in [0.15, 0.2) is 24.3 Å². The third kappa shape index (κ3) is 6.45. The lowest BCUT2D eigenvalue weighted by Gasteiger charge is -2.32. The molecule has 7 nitrogen and oxygen atoms in total. The topological polar surface area (TPSA) is 95.6 Å². The van der Waals surface area contributed by atoms with Crippen molar-refractivity contribution in [2.75, 3.05) is 30.6 Å². The number of anilines is 1. The van der Waals surface area contributed by atoms with Gasteiger partial charge in [-0.2, -0.15) is 0 Å². The Balaban J connectivity index is 1.45. The van der Waals surface area contributed by atoms with Gasteiger partial charge in [0.2, 0.25) is 15.9 Å². The molecule has 0 atom stereocenters. The van der Waals surface area contributed by atoms with E-state index in [4.69, 9.17) is 0 Å². The molecule has 2 amide bonds. The molecule has 1 aliphatic heterocycles. The van der Waals surface area contributed by atoms with Gasteiger partial charge in [0.25, 0.3) is 5.91 Å². The molecule has 3 rings (SSSR count). The van der Waals surface area contributed by atoms with Gasteiger partial charge in [-0.15, -0.1) is 0 Å². The third-order valence-corrected chi connectivity index (χ3v) is 6.48. The Labute approximate surface area is 173 Å². The summed E-state index contributed by atoms with van der Waals surface area (Å²) < 4.78 is 24.9. The Kier molecular flexibility index (Phi) is 7.16. The number of carbonyl (C=O) groups excluding carboxylic acids is 2. The molecular formula is C21H31N3O4S. The molecule has 1 aliphatic carbocycles. The average Bonchev–Trinajstić information content (AvgIpc) is 2.72. The van der Waals surface area contributed by atoms with Gasteiger partial charge in [-0.3, -0.25) is 14.3 Å². The molecule has 160 valence electrons. The molecule has 2 fully saturated rings. The van der Waals surface area contributed by atoms with E-state index < -0.39 is 10.0 Å². The second kappa shape index (κ2) is 9.61. The van der Waals surface area contributed by atoms with Crippen molar-refractivity contribution in [3.8, 4) is 0 Å². The van der Waals surface area contributed by atoms with Crippen molar-refractivity contribution < 1.29 is 18.0 Å². The lowest BCUT2D eigenvalue weighted by molar-refractivity contribution is -0.126. The first-order valence-corrected chi connectivity index (χ1v) is 12.4. The number of carbonyl (C=O) groups is 2. The fourth-order valence-electron chi connectivity index (χ4n) is 4.20. The van der Waals surface area contributed by atoms with Gasteiger partial charge in [0.1, 0.15) is 0 Å². The summed E-state index contributed by atoms with van der Waals surface area (Å²) >= 11 is 0. The number of benzene rings is 1. The Morgan fingerprint density at radius 1 is 1.00 bits per heavy atom. The number of piperidine rings is 1. The van der Waals surface area contributed by atoms with Gasteiger partial charge in [0.05, 0.1) is 6.26 Å². The minimum atomic E-state index is -3.34. The van der Waals surface area contributed by atoms with Crippen molar-refractivity contribution in [3.05, 3.63) is 29.8 Å². The minimum Gasteiger partial charge on any atom is -0.356 e. The summed E-state index contributed by atoms with van der Waals surface area (Å²) in [6.45, 7) is 1.90. The van der Waals surface area contributed by atoms with Crippen molar-refractivity contribution in [1.29, 1.82) is 0 Å². The largest absolute Gasteiger partial charge is 0.356 e. The maximum Gasteiger partial charge on any atom is 0.253 e. The quantitative estimate of drug-likeness (QED) is 0.738. The predicted molar refractivity (Wildman–Crippen MR) is 113 cm³/mol. The van der Waals surface area contributed by atoms with Crippen LogP contribution in [0.25, 0.3) is 0 Å². The van der Waals surface area contributed by atoms with Crippen LogP contribution in [-0.4, -0.2) is 51.0 Å². The van der Waals surface area contributed by atoms with Gasteiger partial charge in [0, 0.05) is 36.8 Å². The van der Waals surface area contributed by atoms with Crippen LogP contribution in [0, 0.1) is 11.8 Å². The molecule has 1 aromatic rings. The van der Waals surface area contributed by atoms with Gasteiger partial charge < -0.3 is 10.2 Å². The summed E-state index contributed by atoms with van der Waals surface area (Å²) in [5.74, 6) is 0.634. The zero-order chi connectivity index (χ0) is 20.9. The molecule has 29 heavy (non-hydrogen) atoms. The number of sulfonamides is 1. The third-order valence-electron chi connectivity index (χ3n) is 5.88. The summed E-state index contributed by atoms with van der Waals surface area (Å²) in [6.07, 6.45) is 8.72. The zero-order valence-corrected chi connectivity index (χ0v) is 17.8. The van der Waals surface area contributed by atoms with Crippen molar-refractivity contribution in [3.63, 3.8) is 0 Å². The van der Waals surface area contributed by atoms with E-state index in [0.717, 1.165) is 12.8 Å². The van der Waals surface area contributed by atoms with E-state index in [1.54, 1.807) is 29.2 Å². The monoisotopic (exact) mass is 421 g/mol. The fourth-order valence-corrected chi connectivity index (χ4v) is 4.77. The van der Waals surface area contributed by atoms with Crippen molar-refractivity contribution >= 4 is 27.5 Å². The average molecular weight is 422 g/mol. The smallest absolute Gasteiger partial charge is 0.253 e. The van der Waals surface area contributed by atoms with Gasteiger partial charge in [-0.1, -0.05) is 19.3 Å². The first-order chi connectivity index (χ1) is 13.8. The molecule has 1 heterocycles. The van der Waals surface area contributed by atoms with Gasteiger partial charge in [0.15, 0.2) is 0 Å². The molecule has 2 aliphatic rings. The standard InChI is InChI=1S/C21H31N3O4S/c1-29(27,28)23-19-9-7-18(8-10-19)21(26)24-13-11-17(12-14-24)20(25)22-15-16-5-3-2-4-6-16/h7-10,16-17,23H,2-6,11-15H2,1H3,(H,22,25). The van der Waals surface area contributed by atoms with Crippen LogP contribution in [0.5, 0.6) is 0 Å². The van der Waals surface area contributed by atoms with Crippen LogP contribution in [0.4, 0.5) is 5.69 Å². The number of rotatable bonds is 6. The second-order valence-electron chi connectivity index (χ2n) is 8.27. The first-order valence-electron chi connectivity index (χ1n) is 10.5. The Morgan fingerprint density at radius 2 is 1.62 bits per heavy atom. The fraction of sp³-hybridized carbons (Fsp3) is 0.619. The van der Waals surface area contributed by atoms with E-state index in [1.165, 1.54) is 32.1 Å². The molecule has 0 spiro atoms. The highest BCUT2D eigenvalue weighted by atomic mass is 32.2. The molecule has 0 aromatic heterocycles. The molecule has 0 radical (unpaired) electrons. The molecular weight excluding hydrogens is 390 g/mol. The number of nitrogens with zero attached hydrogens (tertiary/aromatic N) is 1. The highest BCUT2D eigenvalue weighted by Gasteiger charge is 2.28. The van der Waals surface area contributed by atoms with Gasteiger partial charge in [-0.05, 0) is 55.9 Å². The van der Waals surface area contributed by atoms with Crippen molar-refractivity contribution in [1.82, 2.24) is 10.2 Å². The summed E-state index contributed by atoms with van der Waals surface area (Å²) in [6, 6.07) is 6.41. The summed E-state index contributed by atoms with van der Waals surface area (Å²) in [4.78, 5) is 26.9. The van der Waals surface area contributed by atoms with Crippen LogP contribution in [0.2, 0.25) is 0 Å². The lowest BCUT2D eigenvalue weighted by atomic mass is 9.89. The highest BCUT2D eigenvalue weighted by Crippen LogP contribution is 2.24. The molecule has 1 aromatic carbocycles. The van der Waals surface area contributed by atoms with Gasteiger partial charge in [-0.25, -0.2) is 8.42 Å². The highest BCUT2D eigenvalue weighted by molar-refractivity contribution is 7.92. The minimum absolute atomic E-state index is 0.0241. The van der Waals surface area contributed by atoms with E-state index in [1.807, 2.05) is 0 Å². The predicted octanol–water partition coefficient (Wildman–Crippen LogP) is 2.61.